The number of Topliss-reactive ketones (excluding diaryl/α,β-unsaturated/α-hetero) is 1. The summed E-state index contributed by atoms with van der Waals surface area (Å²) in [6, 6.07) is 0.197. The highest BCUT2D eigenvalue weighted by Crippen LogP contribution is 2.11. The monoisotopic (exact) mass is 352 g/mol. The van der Waals surface area contributed by atoms with Gasteiger partial charge in [0, 0.05) is 24.6 Å². The third-order valence-electron chi connectivity index (χ3n) is 3.88. The lowest BCUT2D eigenvalue weighted by Gasteiger charge is -2.21. The highest BCUT2D eigenvalue weighted by molar-refractivity contribution is 5.85. The van der Waals surface area contributed by atoms with Crippen molar-refractivity contribution < 1.29 is 14.3 Å². The predicted molar refractivity (Wildman–Crippen MR) is 96.0 cm³/mol. The standard InChI is InChI=1S/C18H32N4O3/c1-14(2)18(24)16(20-15(3)4)8-6-5-7-9-17(23)25-13-12-22-11-10-19-21-22/h10-11,14-16,20H,5-9,12-13H2,1-4H3. The van der Waals surface area contributed by atoms with Gasteiger partial charge in [-0.25, -0.2) is 4.68 Å². The van der Waals surface area contributed by atoms with E-state index >= 15 is 0 Å². The summed E-state index contributed by atoms with van der Waals surface area (Å²) >= 11 is 0. The Kier molecular flexibility index (Phi) is 9.99. The molecule has 0 aliphatic heterocycles. The topological polar surface area (TPSA) is 86.1 Å². The Bertz CT molecular complexity index is 500. The molecule has 142 valence electrons. The van der Waals surface area contributed by atoms with Crippen LogP contribution >= 0.6 is 0 Å². The fourth-order valence-electron chi connectivity index (χ4n) is 2.58. The second kappa shape index (κ2) is 11.7. The number of hydrogen-bond acceptors (Lipinski definition) is 6. The Balaban J connectivity index is 2.13. The average Bonchev–Trinajstić information content (AvgIpc) is 3.05. The molecule has 0 aliphatic carbocycles. The van der Waals surface area contributed by atoms with E-state index < -0.39 is 0 Å². The number of ketones is 1. The summed E-state index contributed by atoms with van der Waals surface area (Å²) in [4.78, 5) is 23.9. The second-order valence-electron chi connectivity index (χ2n) is 6.92. The van der Waals surface area contributed by atoms with Gasteiger partial charge in [0.05, 0.1) is 18.8 Å². The summed E-state index contributed by atoms with van der Waals surface area (Å²) in [7, 11) is 0. The normalized spacial score (nSPS) is 12.6. The highest BCUT2D eigenvalue weighted by atomic mass is 16.5. The quantitative estimate of drug-likeness (QED) is 0.433. The second-order valence-corrected chi connectivity index (χ2v) is 6.92. The minimum Gasteiger partial charge on any atom is -0.464 e. The zero-order valence-electron chi connectivity index (χ0n) is 15.9. The summed E-state index contributed by atoms with van der Waals surface area (Å²) in [5, 5.41) is 10.8. The molecule has 1 N–H and O–H groups in total. The lowest BCUT2D eigenvalue weighted by atomic mass is 9.96. The number of nitrogens with one attached hydrogen (secondary N) is 1. The van der Waals surface area contributed by atoms with Crippen molar-refractivity contribution in [2.75, 3.05) is 6.61 Å². The van der Waals surface area contributed by atoms with Crippen molar-refractivity contribution in [2.45, 2.75) is 78.4 Å². The maximum Gasteiger partial charge on any atom is 0.305 e. The first-order valence-corrected chi connectivity index (χ1v) is 9.19. The van der Waals surface area contributed by atoms with Crippen LogP contribution in [0.2, 0.25) is 0 Å². The summed E-state index contributed by atoms with van der Waals surface area (Å²) in [6.45, 7) is 8.81. The first-order valence-electron chi connectivity index (χ1n) is 9.19. The maximum absolute atomic E-state index is 12.2. The van der Waals surface area contributed by atoms with Crippen LogP contribution in [0.25, 0.3) is 0 Å². The van der Waals surface area contributed by atoms with E-state index in [1.54, 1.807) is 17.1 Å². The Morgan fingerprint density at radius 2 is 1.92 bits per heavy atom. The van der Waals surface area contributed by atoms with E-state index in [1.165, 1.54) is 0 Å². The Morgan fingerprint density at radius 3 is 2.52 bits per heavy atom. The molecular formula is C18H32N4O3. The summed E-state index contributed by atoms with van der Waals surface area (Å²) in [5.74, 6) is 0.118. The number of esters is 1. The smallest absolute Gasteiger partial charge is 0.305 e. The van der Waals surface area contributed by atoms with Crippen LogP contribution in [0.15, 0.2) is 12.4 Å². The molecule has 0 fully saturated rings. The van der Waals surface area contributed by atoms with Gasteiger partial charge in [0.2, 0.25) is 0 Å². The van der Waals surface area contributed by atoms with Crippen molar-refractivity contribution in [3.63, 3.8) is 0 Å². The molecule has 1 unspecified atom stereocenters. The van der Waals surface area contributed by atoms with Gasteiger partial charge < -0.3 is 10.1 Å². The molecule has 1 rings (SSSR count). The van der Waals surface area contributed by atoms with E-state index in [2.05, 4.69) is 29.5 Å². The van der Waals surface area contributed by atoms with Crippen molar-refractivity contribution in [1.29, 1.82) is 0 Å². The zero-order valence-corrected chi connectivity index (χ0v) is 15.9. The molecule has 0 bridgehead atoms. The number of ether oxygens (including phenoxy) is 1. The van der Waals surface area contributed by atoms with Gasteiger partial charge in [-0.15, -0.1) is 5.10 Å². The largest absolute Gasteiger partial charge is 0.464 e. The van der Waals surface area contributed by atoms with Gasteiger partial charge in [0.1, 0.15) is 6.61 Å². The van der Waals surface area contributed by atoms with Gasteiger partial charge in [-0.05, 0) is 12.8 Å². The number of carbonyl (C=O) groups excluding carboxylic acids is 2. The molecular weight excluding hydrogens is 320 g/mol. The van der Waals surface area contributed by atoms with Crippen LogP contribution in [0.1, 0.15) is 59.8 Å². The van der Waals surface area contributed by atoms with Crippen LogP contribution in [0, 0.1) is 5.92 Å². The molecule has 0 aromatic carbocycles. The molecule has 7 nitrogen and oxygen atoms in total. The van der Waals surface area contributed by atoms with Crippen LogP contribution in [0.3, 0.4) is 0 Å². The van der Waals surface area contributed by atoms with Gasteiger partial charge >= 0.3 is 5.97 Å². The molecule has 0 saturated heterocycles. The van der Waals surface area contributed by atoms with Gasteiger partial charge in [-0.2, -0.15) is 0 Å². The van der Waals surface area contributed by atoms with E-state index in [1.807, 2.05) is 13.8 Å². The van der Waals surface area contributed by atoms with E-state index in [0.29, 0.717) is 19.6 Å². The van der Waals surface area contributed by atoms with Crippen molar-refractivity contribution in [3.05, 3.63) is 12.4 Å². The van der Waals surface area contributed by atoms with Crippen LogP contribution in [0.5, 0.6) is 0 Å². The zero-order chi connectivity index (χ0) is 18.7. The van der Waals surface area contributed by atoms with Crippen LogP contribution in [0.4, 0.5) is 0 Å². The third-order valence-corrected chi connectivity index (χ3v) is 3.88. The van der Waals surface area contributed by atoms with E-state index in [9.17, 15) is 9.59 Å². The lowest BCUT2D eigenvalue weighted by Crippen LogP contribution is -2.42. The molecule has 7 heteroatoms. The first kappa shape index (κ1) is 21.3. The van der Waals surface area contributed by atoms with Crippen LogP contribution in [-0.2, 0) is 20.9 Å². The summed E-state index contributed by atoms with van der Waals surface area (Å²) < 4.78 is 6.80. The van der Waals surface area contributed by atoms with Crippen molar-refractivity contribution >= 4 is 11.8 Å². The number of carbonyl (C=O) groups is 2. The summed E-state index contributed by atoms with van der Waals surface area (Å²) in [6.07, 6.45) is 7.18. The SMILES string of the molecule is CC(C)NC(CCCCCC(=O)OCCn1ccnn1)C(=O)C(C)C. The number of aromatic nitrogens is 3. The Hall–Kier alpha value is -1.76. The average molecular weight is 352 g/mol. The van der Waals surface area contributed by atoms with Crippen molar-refractivity contribution in [3.8, 4) is 0 Å². The molecule has 0 amide bonds. The van der Waals surface area contributed by atoms with Crippen LogP contribution < -0.4 is 5.32 Å². The van der Waals surface area contributed by atoms with Crippen LogP contribution in [-0.4, -0.2) is 45.4 Å². The third kappa shape index (κ3) is 9.34. The number of rotatable bonds is 13. The van der Waals surface area contributed by atoms with E-state index in [4.69, 9.17) is 4.74 Å². The molecule has 0 saturated carbocycles. The predicted octanol–water partition coefficient (Wildman–Crippen LogP) is 2.36. The Labute approximate surface area is 150 Å². The summed E-state index contributed by atoms with van der Waals surface area (Å²) in [5.41, 5.74) is 0. The molecule has 1 atom stereocenters. The van der Waals surface area contributed by atoms with Crippen molar-refractivity contribution in [2.24, 2.45) is 5.92 Å². The molecule has 0 spiro atoms. The molecule has 1 heterocycles. The van der Waals surface area contributed by atoms with Gasteiger partial charge in [0.15, 0.2) is 5.78 Å². The van der Waals surface area contributed by atoms with Crippen molar-refractivity contribution in [1.82, 2.24) is 20.3 Å². The highest BCUT2D eigenvalue weighted by Gasteiger charge is 2.21. The number of hydrogen-bond donors (Lipinski definition) is 1. The molecule has 1 aromatic rings. The minimum absolute atomic E-state index is 0.0382. The Morgan fingerprint density at radius 1 is 1.16 bits per heavy atom. The van der Waals surface area contributed by atoms with Gasteiger partial charge in [-0.1, -0.05) is 45.7 Å². The first-order chi connectivity index (χ1) is 11.9. The number of nitrogens with zero attached hydrogens (tertiary/aromatic N) is 3. The van der Waals surface area contributed by atoms with E-state index in [0.717, 1.165) is 25.7 Å². The fraction of sp³-hybridized carbons (Fsp3) is 0.778. The minimum atomic E-state index is -0.185. The maximum atomic E-state index is 12.2. The van der Waals surface area contributed by atoms with Gasteiger partial charge in [0.25, 0.3) is 0 Å². The molecule has 1 aromatic heterocycles. The lowest BCUT2D eigenvalue weighted by molar-refractivity contribution is -0.144. The van der Waals surface area contributed by atoms with Gasteiger partial charge in [-0.3, -0.25) is 9.59 Å². The molecule has 25 heavy (non-hydrogen) atoms. The molecule has 0 radical (unpaired) electrons. The fourth-order valence-corrected chi connectivity index (χ4v) is 2.58. The molecule has 0 aliphatic rings. The number of unbranched alkanes of at least 4 members (excludes halogenated alkanes) is 2. The van der Waals surface area contributed by atoms with E-state index in [-0.39, 0.29) is 29.8 Å².